The van der Waals surface area contributed by atoms with Gasteiger partial charge in [0.25, 0.3) is 0 Å². The molecule has 0 saturated heterocycles. The Balaban J connectivity index is 3.59. The van der Waals surface area contributed by atoms with Crippen LogP contribution in [0.3, 0.4) is 0 Å². The van der Waals surface area contributed by atoms with E-state index in [1.54, 1.807) is 6.07 Å². The SMILES string of the molecule is CCCCOc1c(C(=O)O)ccc(C(C)(C)C)c1C(C)(C)C. The van der Waals surface area contributed by atoms with Gasteiger partial charge in [0.05, 0.1) is 6.61 Å². The number of hydrogen-bond acceptors (Lipinski definition) is 2. The molecule has 0 spiro atoms. The first-order valence-corrected chi connectivity index (χ1v) is 8.04. The Morgan fingerprint density at radius 3 is 2.09 bits per heavy atom. The number of benzene rings is 1. The van der Waals surface area contributed by atoms with Crippen molar-refractivity contribution in [2.45, 2.75) is 72.1 Å². The highest BCUT2D eigenvalue weighted by Crippen LogP contribution is 2.41. The molecule has 0 bridgehead atoms. The van der Waals surface area contributed by atoms with Crippen LogP contribution >= 0.6 is 0 Å². The van der Waals surface area contributed by atoms with E-state index in [1.807, 2.05) is 6.07 Å². The molecule has 3 heteroatoms. The van der Waals surface area contributed by atoms with E-state index in [1.165, 1.54) is 0 Å². The van der Waals surface area contributed by atoms with Crippen LogP contribution in [0.25, 0.3) is 0 Å². The van der Waals surface area contributed by atoms with Crippen molar-refractivity contribution in [3.63, 3.8) is 0 Å². The molecule has 0 aromatic heterocycles. The van der Waals surface area contributed by atoms with Gasteiger partial charge < -0.3 is 9.84 Å². The van der Waals surface area contributed by atoms with E-state index in [9.17, 15) is 9.90 Å². The van der Waals surface area contributed by atoms with E-state index in [0.29, 0.717) is 12.4 Å². The molecule has 1 rings (SSSR count). The Morgan fingerprint density at radius 2 is 1.68 bits per heavy atom. The summed E-state index contributed by atoms with van der Waals surface area (Å²) in [5.74, 6) is -0.390. The molecule has 0 unspecified atom stereocenters. The van der Waals surface area contributed by atoms with Gasteiger partial charge in [0, 0.05) is 5.56 Å². The third-order valence-corrected chi connectivity index (χ3v) is 3.69. The summed E-state index contributed by atoms with van der Waals surface area (Å²) in [7, 11) is 0. The predicted molar refractivity (Wildman–Crippen MR) is 91.2 cm³/mol. The molecule has 1 aromatic carbocycles. The third-order valence-electron chi connectivity index (χ3n) is 3.69. The van der Waals surface area contributed by atoms with Gasteiger partial charge in [0.2, 0.25) is 0 Å². The predicted octanol–water partition coefficient (Wildman–Crippen LogP) is 5.16. The minimum Gasteiger partial charge on any atom is -0.492 e. The van der Waals surface area contributed by atoms with Crippen LogP contribution in [-0.2, 0) is 10.8 Å². The summed E-state index contributed by atoms with van der Waals surface area (Å²) in [5, 5.41) is 9.53. The monoisotopic (exact) mass is 306 g/mol. The molecule has 0 saturated carbocycles. The molecule has 1 N–H and O–H groups in total. The highest BCUT2D eigenvalue weighted by Gasteiger charge is 2.31. The van der Waals surface area contributed by atoms with E-state index in [0.717, 1.165) is 24.0 Å². The molecule has 22 heavy (non-hydrogen) atoms. The fourth-order valence-electron chi connectivity index (χ4n) is 2.59. The zero-order valence-electron chi connectivity index (χ0n) is 15.0. The van der Waals surface area contributed by atoms with E-state index >= 15 is 0 Å². The summed E-state index contributed by atoms with van der Waals surface area (Å²) in [4.78, 5) is 11.6. The number of hydrogen-bond donors (Lipinski definition) is 1. The van der Waals surface area contributed by atoms with Crippen molar-refractivity contribution in [2.75, 3.05) is 6.61 Å². The first kappa shape index (κ1) is 18.5. The largest absolute Gasteiger partial charge is 0.492 e. The molecule has 3 nitrogen and oxygen atoms in total. The first-order chi connectivity index (χ1) is 10.00. The lowest BCUT2D eigenvalue weighted by Gasteiger charge is -2.32. The van der Waals surface area contributed by atoms with Gasteiger partial charge in [-0.2, -0.15) is 0 Å². The van der Waals surface area contributed by atoms with Crippen molar-refractivity contribution in [3.05, 3.63) is 28.8 Å². The van der Waals surface area contributed by atoms with E-state index < -0.39 is 5.97 Å². The summed E-state index contributed by atoms with van der Waals surface area (Å²) in [5.41, 5.74) is 2.17. The summed E-state index contributed by atoms with van der Waals surface area (Å²) in [6, 6.07) is 3.62. The number of ether oxygens (including phenoxy) is 1. The van der Waals surface area contributed by atoms with Crippen LogP contribution in [0.1, 0.15) is 82.8 Å². The lowest BCUT2D eigenvalue weighted by atomic mass is 9.74. The van der Waals surface area contributed by atoms with Gasteiger partial charge in [-0.05, 0) is 28.9 Å². The van der Waals surface area contributed by atoms with Crippen LogP contribution in [0.5, 0.6) is 5.75 Å². The van der Waals surface area contributed by atoms with Gasteiger partial charge in [-0.15, -0.1) is 0 Å². The van der Waals surface area contributed by atoms with Gasteiger partial charge in [-0.25, -0.2) is 4.79 Å². The van der Waals surface area contributed by atoms with Crippen molar-refractivity contribution in [3.8, 4) is 5.75 Å². The lowest BCUT2D eigenvalue weighted by Crippen LogP contribution is -2.24. The number of carboxylic acid groups (broad SMARTS) is 1. The summed E-state index contributed by atoms with van der Waals surface area (Å²) in [6.45, 7) is 15.4. The second-order valence-corrected chi connectivity index (χ2v) is 7.87. The number of carbonyl (C=O) groups is 1. The molecule has 0 fully saturated rings. The van der Waals surface area contributed by atoms with Gasteiger partial charge in [-0.1, -0.05) is 61.0 Å². The fraction of sp³-hybridized carbons (Fsp3) is 0.632. The average molecular weight is 306 g/mol. The standard InChI is InChI=1S/C19H30O3/c1-8-9-12-22-16-13(17(20)21)10-11-14(18(2,3)4)15(16)19(5,6)7/h10-11H,8-9,12H2,1-7H3,(H,20,21). The Hall–Kier alpha value is -1.51. The van der Waals surface area contributed by atoms with Crippen LogP contribution < -0.4 is 4.74 Å². The molecule has 124 valence electrons. The van der Waals surface area contributed by atoms with Crippen molar-refractivity contribution < 1.29 is 14.6 Å². The van der Waals surface area contributed by atoms with Crippen LogP contribution in [0.4, 0.5) is 0 Å². The molecular formula is C19H30O3. The molecule has 0 aliphatic rings. The number of unbranched alkanes of at least 4 members (excludes halogenated alkanes) is 1. The summed E-state index contributed by atoms with van der Waals surface area (Å²) < 4.78 is 5.95. The van der Waals surface area contributed by atoms with E-state index in [4.69, 9.17) is 4.74 Å². The molecular weight excluding hydrogens is 276 g/mol. The topological polar surface area (TPSA) is 46.5 Å². The summed E-state index contributed by atoms with van der Waals surface area (Å²) >= 11 is 0. The quantitative estimate of drug-likeness (QED) is 0.764. The normalized spacial score (nSPS) is 12.3. The smallest absolute Gasteiger partial charge is 0.339 e. The maximum Gasteiger partial charge on any atom is 0.339 e. The molecule has 0 aliphatic carbocycles. The van der Waals surface area contributed by atoms with Gasteiger partial charge >= 0.3 is 5.97 Å². The van der Waals surface area contributed by atoms with Crippen LogP contribution in [0.2, 0.25) is 0 Å². The number of rotatable bonds is 5. The Bertz CT molecular complexity index is 531. The second-order valence-electron chi connectivity index (χ2n) is 7.87. The molecule has 1 aromatic rings. The van der Waals surface area contributed by atoms with Crippen molar-refractivity contribution in [2.24, 2.45) is 0 Å². The Kier molecular flexibility index (Phi) is 5.66. The van der Waals surface area contributed by atoms with Crippen molar-refractivity contribution >= 4 is 5.97 Å². The van der Waals surface area contributed by atoms with Crippen molar-refractivity contribution in [1.29, 1.82) is 0 Å². The Labute approximate surface area is 134 Å². The zero-order chi connectivity index (χ0) is 17.1. The maximum atomic E-state index is 11.6. The highest BCUT2D eigenvalue weighted by atomic mass is 16.5. The van der Waals surface area contributed by atoms with E-state index in [-0.39, 0.29) is 16.4 Å². The molecule has 0 atom stereocenters. The second kappa shape index (κ2) is 6.72. The molecule has 0 amide bonds. The third kappa shape index (κ3) is 4.25. The maximum absolute atomic E-state index is 11.6. The highest BCUT2D eigenvalue weighted by molar-refractivity contribution is 5.92. The number of aromatic carboxylic acids is 1. The van der Waals surface area contributed by atoms with Gasteiger partial charge in [0.15, 0.2) is 0 Å². The van der Waals surface area contributed by atoms with Crippen molar-refractivity contribution in [1.82, 2.24) is 0 Å². The molecule has 0 heterocycles. The van der Waals surface area contributed by atoms with Crippen LogP contribution in [-0.4, -0.2) is 17.7 Å². The molecule has 0 aliphatic heterocycles. The van der Waals surface area contributed by atoms with Crippen LogP contribution in [0.15, 0.2) is 12.1 Å². The molecule has 0 radical (unpaired) electrons. The van der Waals surface area contributed by atoms with E-state index in [2.05, 4.69) is 48.5 Å². The minimum atomic E-state index is -0.933. The van der Waals surface area contributed by atoms with Gasteiger partial charge in [0.1, 0.15) is 11.3 Å². The minimum absolute atomic E-state index is 0.0670. The van der Waals surface area contributed by atoms with Gasteiger partial charge in [-0.3, -0.25) is 0 Å². The van der Waals surface area contributed by atoms with Crippen LogP contribution in [0, 0.1) is 0 Å². The fourth-order valence-corrected chi connectivity index (χ4v) is 2.59. The number of carboxylic acids is 1. The lowest BCUT2D eigenvalue weighted by molar-refractivity contribution is 0.0691. The summed E-state index contributed by atoms with van der Waals surface area (Å²) in [6.07, 6.45) is 1.94. The first-order valence-electron chi connectivity index (χ1n) is 8.04. The zero-order valence-corrected chi connectivity index (χ0v) is 15.0. The Morgan fingerprint density at radius 1 is 1.09 bits per heavy atom. The average Bonchev–Trinajstić information content (AvgIpc) is 2.35.